The number of sulfonamides is 1. The predicted molar refractivity (Wildman–Crippen MR) is 100 cm³/mol. The molecule has 1 aliphatic heterocycles. The minimum absolute atomic E-state index is 0.207. The molecule has 0 spiro atoms. The van der Waals surface area contributed by atoms with E-state index in [0.717, 1.165) is 11.3 Å². The molecule has 0 bridgehead atoms. The molecule has 2 heterocycles. The van der Waals surface area contributed by atoms with Gasteiger partial charge in [-0.1, -0.05) is 34.8 Å². The molecule has 1 amide bonds. The first kappa shape index (κ1) is 18.9. The Kier molecular flexibility index (Phi) is 5.63. The standard InChI is InChI=1S/C15H13Cl3N2O3S2/c16-10-1-2-11(12(17)9-10)15(21)19-5-7-20(8-6-19)25(22,23)14-4-3-13(18)24-14/h1-4,9H,5-8H2. The number of carbonyl (C=O) groups is 1. The van der Waals surface area contributed by atoms with E-state index < -0.39 is 10.0 Å². The summed E-state index contributed by atoms with van der Waals surface area (Å²) in [6.45, 7) is 1.01. The van der Waals surface area contributed by atoms with Crippen molar-refractivity contribution in [3.8, 4) is 0 Å². The van der Waals surface area contributed by atoms with Crippen molar-refractivity contribution in [3.63, 3.8) is 0 Å². The van der Waals surface area contributed by atoms with Crippen LogP contribution in [0.5, 0.6) is 0 Å². The third-order valence-corrected chi connectivity index (χ3v) is 7.98. The minimum atomic E-state index is -3.58. The van der Waals surface area contributed by atoms with Gasteiger partial charge in [-0.2, -0.15) is 4.31 Å². The lowest BCUT2D eigenvalue weighted by atomic mass is 10.2. The highest BCUT2D eigenvalue weighted by molar-refractivity contribution is 7.91. The number of amides is 1. The van der Waals surface area contributed by atoms with Crippen LogP contribution in [-0.2, 0) is 10.0 Å². The highest BCUT2D eigenvalue weighted by atomic mass is 35.5. The molecule has 1 saturated heterocycles. The van der Waals surface area contributed by atoms with Gasteiger partial charge in [0.2, 0.25) is 0 Å². The molecule has 0 N–H and O–H groups in total. The number of carbonyl (C=O) groups excluding carboxylic acids is 1. The van der Waals surface area contributed by atoms with Gasteiger partial charge in [-0.05, 0) is 30.3 Å². The Morgan fingerprint density at radius 3 is 2.24 bits per heavy atom. The van der Waals surface area contributed by atoms with Crippen LogP contribution in [0, 0.1) is 0 Å². The highest BCUT2D eigenvalue weighted by Crippen LogP contribution is 2.29. The van der Waals surface area contributed by atoms with Gasteiger partial charge in [0.15, 0.2) is 0 Å². The van der Waals surface area contributed by atoms with E-state index in [1.165, 1.54) is 16.4 Å². The predicted octanol–water partition coefficient (Wildman–Crippen LogP) is 3.86. The summed E-state index contributed by atoms with van der Waals surface area (Å²) in [4.78, 5) is 14.2. The van der Waals surface area contributed by atoms with E-state index >= 15 is 0 Å². The lowest BCUT2D eigenvalue weighted by molar-refractivity contribution is 0.0698. The van der Waals surface area contributed by atoms with Crippen molar-refractivity contribution >= 4 is 62.1 Å². The van der Waals surface area contributed by atoms with Crippen LogP contribution in [0.15, 0.2) is 34.5 Å². The third kappa shape index (κ3) is 3.97. The van der Waals surface area contributed by atoms with Crippen LogP contribution in [0.25, 0.3) is 0 Å². The molecule has 0 saturated carbocycles. The fourth-order valence-electron chi connectivity index (χ4n) is 2.53. The maximum Gasteiger partial charge on any atom is 0.255 e. The van der Waals surface area contributed by atoms with Gasteiger partial charge in [0, 0.05) is 31.2 Å². The molecular formula is C15H13Cl3N2O3S2. The number of thiophene rings is 1. The van der Waals surface area contributed by atoms with Gasteiger partial charge < -0.3 is 4.90 Å². The SMILES string of the molecule is O=C(c1ccc(Cl)cc1Cl)N1CCN(S(=O)(=O)c2ccc(Cl)s2)CC1. The van der Waals surface area contributed by atoms with E-state index in [0.29, 0.717) is 14.9 Å². The van der Waals surface area contributed by atoms with Crippen LogP contribution in [-0.4, -0.2) is 49.7 Å². The molecule has 1 fully saturated rings. The lowest BCUT2D eigenvalue weighted by Crippen LogP contribution is -2.50. The molecule has 0 aliphatic carbocycles. The summed E-state index contributed by atoms with van der Waals surface area (Å²) in [5, 5.41) is 0.729. The molecule has 0 unspecified atom stereocenters. The largest absolute Gasteiger partial charge is 0.336 e. The number of piperazine rings is 1. The highest BCUT2D eigenvalue weighted by Gasteiger charge is 2.31. The van der Waals surface area contributed by atoms with Gasteiger partial charge in [0.05, 0.1) is 14.9 Å². The second-order valence-corrected chi connectivity index (χ2v) is 10.1. The first-order chi connectivity index (χ1) is 11.8. The Balaban J connectivity index is 1.70. The number of hydrogen-bond donors (Lipinski definition) is 0. The number of halogens is 3. The van der Waals surface area contributed by atoms with Crippen LogP contribution in [0.2, 0.25) is 14.4 Å². The lowest BCUT2D eigenvalue weighted by Gasteiger charge is -2.33. The molecule has 5 nitrogen and oxygen atoms in total. The maximum absolute atomic E-state index is 12.6. The number of hydrogen-bond acceptors (Lipinski definition) is 4. The normalized spacial score (nSPS) is 16.2. The summed E-state index contributed by atoms with van der Waals surface area (Å²) in [6, 6.07) is 7.73. The minimum Gasteiger partial charge on any atom is -0.336 e. The summed E-state index contributed by atoms with van der Waals surface area (Å²) < 4.78 is 27.1. The van der Waals surface area contributed by atoms with E-state index in [1.54, 1.807) is 23.1 Å². The number of benzene rings is 1. The van der Waals surface area contributed by atoms with E-state index in [-0.39, 0.29) is 41.3 Å². The van der Waals surface area contributed by atoms with E-state index in [1.807, 2.05) is 0 Å². The van der Waals surface area contributed by atoms with Gasteiger partial charge in [-0.15, -0.1) is 11.3 Å². The average molecular weight is 440 g/mol. The van der Waals surface area contributed by atoms with Crippen LogP contribution in [0.4, 0.5) is 0 Å². The smallest absolute Gasteiger partial charge is 0.255 e. The van der Waals surface area contributed by atoms with Crippen molar-refractivity contribution in [1.29, 1.82) is 0 Å². The number of rotatable bonds is 3. The van der Waals surface area contributed by atoms with Crippen molar-refractivity contribution in [2.75, 3.05) is 26.2 Å². The fraction of sp³-hybridized carbons (Fsp3) is 0.267. The molecule has 1 aromatic carbocycles. The van der Waals surface area contributed by atoms with Gasteiger partial charge in [-0.3, -0.25) is 4.79 Å². The second kappa shape index (κ2) is 7.42. The molecule has 1 aromatic heterocycles. The zero-order chi connectivity index (χ0) is 18.2. The first-order valence-corrected chi connectivity index (χ1v) is 10.7. The molecule has 10 heteroatoms. The summed E-state index contributed by atoms with van der Waals surface area (Å²) in [5.41, 5.74) is 0.354. The Labute approximate surface area is 164 Å². The van der Waals surface area contributed by atoms with Gasteiger partial charge in [-0.25, -0.2) is 8.42 Å². The molecule has 2 aromatic rings. The van der Waals surface area contributed by atoms with Crippen molar-refractivity contribution < 1.29 is 13.2 Å². The zero-order valence-electron chi connectivity index (χ0n) is 12.8. The van der Waals surface area contributed by atoms with Gasteiger partial charge >= 0.3 is 0 Å². The average Bonchev–Trinajstić information content (AvgIpc) is 3.02. The Morgan fingerprint density at radius 1 is 1.00 bits per heavy atom. The quantitative estimate of drug-likeness (QED) is 0.730. The van der Waals surface area contributed by atoms with E-state index in [9.17, 15) is 13.2 Å². The molecular weight excluding hydrogens is 427 g/mol. The molecule has 1 aliphatic rings. The maximum atomic E-state index is 12.6. The van der Waals surface area contributed by atoms with Crippen LogP contribution < -0.4 is 0 Å². The Morgan fingerprint density at radius 2 is 1.68 bits per heavy atom. The summed E-state index contributed by atoms with van der Waals surface area (Å²) in [6.07, 6.45) is 0. The molecule has 25 heavy (non-hydrogen) atoms. The number of nitrogens with zero attached hydrogens (tertiary/aromatic N) is 2. The molecule has 134 valence electrons. The summed E-state index contributed by atoms with van der Waals surface area (Å²) >= 11 is 18.8. The monoisotopic (exact) mass is 438 g/mol. The fourth-order valence-corrected chi connectivity index (χ4v) is 6.08. The van der Waals surface area contributed by atoms with Crippen molar-refractivity contribution in [1.82, 2.24) is 9.21 Å². The topological polar surface area (TPSA) is 57.7 Å². The Bertz CT molecular complexity index is 906. The van der Waals surface area contributed by atoms with Gasteiger partial charge in [0.1, 0.15) is 4.21 Å². The third-order valence-electron chi connectivity index (χ3n) is 3.83. The Hall–Kier alpha value is -0.830. The van der Waals surface area contributed by atoms with Crippen LogP contribution >= 0.6 is 46.1 Å². The van der Waals surface area contributed by atoms with E-state index in [4.69, 9.17) is 34.8 Å². The summed E-state index contributed by atoms with van der Waals surface area (Å²) in [5.74, 6) is -0.238. The zero-order valence-corrected chi connectivity index (χ0v) is 16.7. The van der Waals surface area contributed by atoms with Crippen LogP contribution in [0.3, 0.4) is 0 Å². The van der Waals surface area contributed by atoms with Crippen LogP contribution in [0.1, 0.15) is 10.4 Å². The van der Waals surface area contributed by atoms with Crippen molar-refractivity contribution in [3.05, 3.63) is 50.3 Å². The summed E-state index contributed by atoms with van der Waals surface area (Å²) in [7, 11) is -3.58. The second-order valence-electron chi connectivity index (χ2n) is 5.38. The van der Waals surface area contributed by atoms with Crippen molar-refractivity contribution in [2.45, 2.75) is 4.21 Å². The first-order valence-electron chi connectivity index (χ1n) is 7.29. The molecule has 0 atom stereocenters. The molecule has 0 radical (unpaired) electrons. The van der Waals surface area contributed by atoms with Crippen molar-refractivity contribution in [2.24, 2.45) is 0 Å². The van der Waals surface area contributed by atoms with E-state index in [2.05, 4.69) is 0 Å². The van der Waals surface area contributed by atoms with Gasteiger partial charge in [0.25, 0.3) is 15.9 Å². The molecule has 3 rings (SSSR count).